The summed E-state index contributed by atoms with van der Waals surface area (Å²) >= 11 is 1.87. The fourth-order valence-corrected chi connectivity index (χ4v) is 14.3. The van der Waals surface area contributed by atoms with Crippen molar-refractivity contribution in [3.05, 3.63) is 211 Å². The van der Waals surface area contributed by atoms with E-state index in [0.29, 0.717) is 0 Å². The molecule has 12 rings (SSSR count). The second kappa shape index (κ2) is 16.7. The Balaban J connectivity index is 1.24. The van der Waals surface area contributed by atoms with Gasteiger partial charge in [0.15, 0.2) is 0 Å². The normalized spacial score (nSPS) is 12.3. The van der Waals surface area contributed by atoms with E-state index >= 15 is 0 Å². The molecule has 0 spiro atoms. The van der Waals surface area contributed by atoms with Gasteiger partial charge in [-0.2, -0.15) is 0 Å². The molecule has 0 saturated heterocycles. The van der Waals surface area contributed by atoms with Crippen LogP contribution in [0.1, 0.15) is 11.1 Å². The molecule has 0 aliphatic rings. The van der Waals surface area contributed by atoms with Crippen LogP contribution in [0.25, 0.3) is 69.2 Å². The topological polar surface area (TPSA) is 11.4 Å². The summed E-state index contributed by atoms with van der Waals surface area (Å²) in [6.45, 7) is 19.0. The van der Waals surface area contributed by atoms with Crippen molar-refractivity contribution in [2.45, 2.75) is 53.1 Å². The van der Waals surface area contributed by atoms with Gasteiger partial charge in [0.05, 0.1) is 38.6 Å². The van der Waals surface area contributed by atoms with E-state index in [1.54, 1.807) is 0 Å². The number of para-hydroxylation sites is 2. The van der Waals surface area contributed by atoms with Crippen LogP contribution in [0.3, 0.4) is 0 Å². The van der Waals surface area contributed by atoms with Crippen LogP contribution < -0.4 is 20.2 Å². The van der Waals surface area contributed by atoms with Crippen LogP contribution in [0, 0.1) is 13.8 Å². The summed E-state index contributed by atoms with van der Waals surface area (Å²) in [4.78, 5) is 5.02. The summed E-state index contributed by atoms with van der Waals surface area (Å²) in [6.07, 6.45) is 0. The lowest BCUT2D eigenvalue weighted by Gasteiger charge is -2.29. The first kappa shape index (κ1) is 44.0. The molecule has 342 valence electrons. The second-order valence-corrected chi connectivity index (χ2v) is 32.4. The Bertz CT molecular complexity index is 3800. The molecule has 6 heteroatoms. The number of fused-ring (bicyclic) bond motifs is 10. The van der Waals surface area contributed by atoms with Crippen molar-refractivity contribution in [1.29, 1.82) is 0 Å². The first-order valence-corrected chi connectivity index (χ1v) is 32.4. The maximum Gasteiger partial charge on any atom is 0.0775 e. The fourth-order valence-electron chi connectivity index (χ4n) is 10.9. The van der Waals surface area contributed by atoms with Gasteiger partial charge in [-0.25, -0.2) is 0 Å². The van der Waals surface area contributed by atoms with Gasteiger partial charge in [0.25, 0.3) is 0 Å². The molecule has 0 N–H and O–H groups in total. The molecular formula is C64H57N3SSi2. The number of rotatable bonds is 9. The molecule has 3 nitrogen and oxygen atoms in total. The van der Waals surface area contributed by atoms with Gasteiger partial charge in [-0.05, 0) is 109 Å². The summed E-state index contributed by atoms with van der Waals surface area (Å²) in [6, 6.07) is 75.8. The highest BCUT2D eigenvalue weighted by atomic mass is 32.1. The van der Waals surface area contributed by atoms with Crippen molar-refractivity contribution in [2.75, 3.05) is 9.80 Å². The van der Waals surface area contributed by atoms with E-state index in [9.17, 15) is 0 Å². The number of nitrogens with zero attached hydrogens (tertiary/aromatic N) is 3. The van der Waals surface area contributed by atoms with Crippen LogP contribution >= 0.6 is 11.3 Å². The van der Waals surface area contributed by atoms with Gasteiger partial charge in [0, 0.05) is 70.2 Å². The van der Waals surface area contributed by atoms with E-state index in [-0.39, 0.29) is 0 Å². The van der Waals surface area contributed by atoms with E-state index < -0.39 is 16.1 Å². The molecule has 0 bridgehead atoms. The highest BCUT2D eigenvalue weighted by Gasteiger charge is 2.28. The predicted molar refractivity (Wildman–Crippen MR) is 313 cm³/mol. The van der Waals surface area contributed by atoms with Crippen LogP contribution in [-0.2, 0) is 0 Å². The number of anilines is 6. The molecule has 0 unspecified atom stereocenters. The molecule has 0 radical (unpaired) electrons. The van der Waals surface area contributed by atoms with Gasteiger partial charge in [-0.1, -0.05) is 177 Å². The number of aryl methyl sites for hydroxylation is 2. The molecule has 12 aromatic rings. The molecule has 0 atom stereocenters. The molecule has 2 aromatic heterocycles. The third-order valence-corrected chi connectivity index (χ3v) is 19.8. The molecule has 0 saturated carbocycles. The van der Waals surface area contributed by atoms with Gasteiger partial charge in [-0.3, -0.25) is 0 Å². The van der Waals surface area contributed by atoms with Crippen LogP contribution in [0.4, 0.5) is 34.1 Å². The van der Waals surface area contributed by atoms with E-state index in [1.807, 2.05) is 11.3 Å². The van der Waals surface area contributed by atoms with Crippen molar-refractivity contribution in [1.82, 2.24) is 4.57 Å². The Morgan fingerprint density at radius 2 is 0.757 bits per heavy atom. The summed E-state index contributed by atoms with van der Waals surface area (Å²) < 4.78 is 5.18. The van der Waals surface area contributed by atoms with Crippen LogP contribution in [0.15, 0.2) is 200 Å². The van der Waals surface area contributed by atoms with Crippen molar-refractivity contribution in [3.8, 4) is 5.69 Å². The minimum absolute atomic E-state index is 1.14. The Hall–Kier alpha value is -7.23. The molecule has 0 fully saturated rings. The lowest BCUT2D eigenvalue weighted by Crippen LogP contribution is -2.37. The van der Waals surface area contributed by atoms with Crippen molar-refractivity contribution >= 4 is 136 Å². The summed E-state index contributed by atoms with van der Waals surface area (Å²) in [5.74, 6) is 0. The Morgan fingerprint density at radius 3 is 1.21 bits per heavy atom. The molecule has 70 heavy (non-hydrogen) atoms. The maximum atomic E-state index is 2.58. The highest BCUT2D eigenvalue weighted by molar-refractivity contribution is 7.25. The number of hydrogen-bond acceptors (Lipinski definition) is 3. The molecule has 10 aromatic carbocycles. The van der Waals surface area contributed by atoms with E-state index in [1.165, 1.54) is 96.4 Å². The van der Waals surface area contributed by atoms with E-state index in [4.69, 9.17) is 0 Å². The van der Waals surface area contributed by atoms with Crippen LogP contribution in [0.5, 0.6) is 0 Å². The smallest absolute Gasteiger partial charge is 0.0775 e. The first-order chi connectivity index (χ1) is 33.8. The largest absolute Gasteiger partial charge is 0.310 e. The van der Waals surface area contributed by atoms with Gasteiger partial charge < -0.3 is 14.4 Å². The van der Waals surface area contributed by atoms with Crippen molar-refractivity contribution in [3.63, 3.8) is 0 Å². The molecule has 0 amide bonds. The lowest BCUT2D eigenvalue weighted by atomic mass is 9.96. The Morgan fingerprint density at radius 1 is 0.357 bits per heavy atom. The Labute approximate surface area is 417 Å². The fraction of sp³-hybridized carbons (Fsp3) is 0.125. The van der Waals surface area contributed by atoms with Crippen LogP contribution in [0.2, 0.25) is 39.3 Å². The quantitative estimate of drug-likeness (QED) is 0.134. The van der Waals surface area contributed by atoms with E-state index in [0.717, 1.165) is 28.4 Å². The number of benzene rings is 10. The van der Waals surface area contributed by atoms with E-state index in [2.05, 4.69) is 268 Å². The average molecular weight is 956 g/mol. The van der Waals surface area contributed by atoms with Crippen molar-refractivity contribution < 1.29 is 0 Å². The average Bonchev–Trinajstić information content (AvgIpc) is 3.90. The SMILES string of the molecule is Cc1ccccc1N(c1ccc([Si](C)(C)C)cc1)c1cc2c(c3ccccc13)c1c3ccccc3c(N(c3ccc([Si](C)(C)C)cc3)c3ccccc3C)cc1n2-c1ccc2sc3ccccc3c2c1. The standard InChI is InChI=1S/C64H57N3SSi2/c1-42-19-9-16-26-55(42)65(44-29-34-47(35-30-44)69(3,4)5)57-40-59-63(52-24-13-11-21-49(52)57)64-53-25-14-12-22-50(53)58(66(56-27-17-10-20-43(56)2)45-31-36-48(37-32-45)70(6,7)8)41-60(64)67(59)46-33-38-62-54(39-46)51-23-15-18-28-61(51)68-62/h9-41H,1-8H3. The minimum Gasteiger partial charge on any atom is -0.310 e. The summed E-state index contributed by atoms with van der Waals surface area (Å²) in [5, 5.41) is 12.9. The maximum absolute atomic E-state index is 2.58. The molecule has 0 aliphatic carbocycles. The molecule has 2 heterocycles. The summed E-state index contributed by atoms with van der Waals surface area (Å²) in [7, 11) is -3.10. The molecule has 0 aliphatic heterocycles. The lowest BCUT2D eigenvalue weighted by molar-refractivity contribution is 1.18. The third kappa shape index (κ3) is 7.27. The number of thiophene rings is 1. The second-order valence-electron chi connectivity index (χ2n) is 21.1. The van der Waals surface area contributed by atoms with Gasteiger partial charge >= 0.3 is 0 Å². The number of hydrogen-bond donors (Lipinski definition) is 0. The first-order valence-electron chi connectivity index (χ1n) is 24.6. The minimum atomic E-state index is -1.55. The predicted octanol–water partition coefficient (Wildman–Crippen LogP) is 18.1. The number of aromatic nitrogens is 1. The van der Waals surface area contributed by atoms with Gasteiger partial charge in [0.1, 0.15) is 0 Å². The zero-order valence-corrected chi connectivity index (χ0v) is 44.1. The Kier molecular flexibility index (Phi) is 10.5. The molecular weight excluding hydrogens is 899 g/mol. The zero-order valence-electron chi connectivity index (χ0n) is 41.3. The third-order valence-electron chi connectivity index (χ3n) is 14.5. The van der Waals surface area contributed by atoms with Gasteiger partial charge in [-0.15, -0.1) is 11.3 Å². The zero-order chi connectivity index (χ0) is 48.1. The monoisotopic (exact) mass is 955 g/mol. The highest BCUT2D eigenvalue weighted by Crippen LogP contribution is 2.51. The van der Waals surface area contributed by atoms with Crippen molar-refractivity contribution in [2.24, 2.45) is 0 Å². The summed E-state index contributed by atoms with van der Waals surface area (Å²) in [5.41, 5.74) is 12.9. The van der Waals surface area contributed by atoms with Gasteiger partial charge in [0.2, 0.25) is 0 Å². The van der Waals surface area contributed by atoms with Crippen LogP contribution in [-0.4, -0.2) is 20.7 Å².